The highest BCUT2D eigenvalue weighted by molar-refractivity contribution is 5.76. The van der Waals surface area contributed by atoms with Gasteiger partial charge in [-0.25, -0.2) is 4.39 Å². The molecule has 0 saturated carbocycles. The van der Waals surface area contributed by atoms with Crippen LogP contribution in [0.1, 0.15) is 37.3 Å². The van der Waals surface area contributed by atoms with E-state index in [1.807, 2.05) is 4.90 Å². The Bertz CT molecular complexity index is 936. The van der Waals surface area contributed by atoms with Crippen LogP contribution >= 0.6 is 0 Å². The number of amides is 1. The second-order valence-corrected chi connectivity index (χ2v) is 9.44. The maximum Gasteiger partial charge on any atom is 0.222 e. The van der Waals surface area contributed by atoms with E-state index in [9.17, 15) is 9.18 Å². The van der Waals surface area contributed by atoms with E-state index in [1.165, 1.54) is 23.3 Å². The molecule has 2 aliphatic heterocycles. The van der Waals surface area contributed by atoms with Crippen LogP contribution < -0.4 is 10.6 Å². The Morgan fingerprint density at radius 1 is 1.09 bits per heavy atom. The summed E-state index contributed by atoms with van der Waals surface area (Å²) in [5.74, 6) is 0.00343. The van der Waals surface area contributed by atoms with Crippen LogP contribution in [0.4, 0.5) is 10.1 Å². The summed E-state index contributed by atoms with van der Waals surface area (Å²) in [5, 5.41) is 6.83. The number of carbonyl (C=O) groups excluding carboxylic acids is 1. The molecule has 2 aromatic rings. The van der Waals surface area contributed by atoms with Crippen LogP contribution in [0.2, 0.25) is 0 Å². The van der Waals surface area contributed by atoms with Gasteiger partial charge in [0.05, 0.1) is 0 Å². The predicted octanol–water partition coefficient (Wildman–Crippen LogP) is 4.17. The van der Waals surface area contributed by atoms with Crippen molar-refractivity contribution in [2.75, 3.05) is 31.5 Å². The molecule has 0 spiro atoms. The Morgan fingerprint density at radius 2 is 1.76 bits per heavy atom. The van der Waals surface area contributed by atoms with Crippen LogP contribution in [-0.2, 0) is 17.8 Å². The molecular formula is C27H35FN4O. The smallest absolute Gasteiger partial charge is 0.222 e. The normalized spacial score (nSPS) is 19.9. The number of halogens is 1. The standard InChI is InChI=1S/C27H35FN4O/c1-20-17-31(18-21(2)29-20)19-23-5-3-22(4-6-23)7-12-27(33)32-15-13-26(14-16-32)30-25-10-8-24(28)9-11-25/h3-6,8-11,21,26,29-30H,1,7,12-19H2,2H3/t21-/m1/s1. The largest absolute Gasteiger partial charge is 0.384 e. The third-order valence-corrected chi connectivity index (χ3v) is 6.52. The fourth-order valence-corrected chi connectivity index (χ4v) is 4.82. The van der Waals surface area contributed by atoms with Gasteiger partial charge in [0, 0.05) is 62.6 Å². The van der Waals surface area contributed by atoms with Crippen molar-refractivity contribution < 1.29 is 9.18 Å². The molecule has 0 bridgehead atoms. The average molecular weight is 451 g/mol. The Morgan fingerprint density at radius 3 is 2.42 bits per heavy atom. The molecule has 0 radical (unpaired) electrons. The van der Waals surface area contributed by atoms with E-state index in [1.54, 1.807) is 12.1 Å². The number of nitrogens with zero attached hydrogens (tertiary/aromatic N) is 2. The number of nitrogens with one attached hydrogen (secondary N) is 2. The minimum Gasteiger partial charge on any atom is -0.384 e. The molecule has 4 rings (SSSR count). The lowest BCUT2D eigenvalue weighted by Crippen LogP contribution is -2.46. The van der Waals surface area contributed by atoms with Gasteiger partial charge in [0.1, 0.15) is 5.82 Å². The molecule has 33 heavy (non-hydrogen) atoms. The van der Waals surface area contributed by atoms with E-state index < -0.39 is 0 Å². The molecule has 2 N–H and O–H groups in total. The summed E-state index contributed by atoms with van der Waals surface area (Å²) in [7, 11) is 0. The highest BCUT2D eigenvalue weighted by atomic mass is 19.1. The fourth-order valence-electron chi connectivity index (χ4n) is 4.82. The van der Waals surface area contributed by atoms with Gasteiger partial charge in [0.15, 0.2) is 0 Å². The Kier molecular flexibility index (Phi) is 7.65. The zero-order valence-electron chi connectivity index (χ0n) is 19.5. The quantitative estimate of drug-likeness (QED) is 0.665. The van der Waals surface area contributed by atoms with Crippen molar-refractivity contribution in [2.24, 2.45) is 0 Å². The van der Waals surface area contributed by atoms with Gasteiger partial charge in [-0.2, -0.15) is 0 Å². The molecule has 2 saturated heterocycles. The van der Waals surface area contributed by atoms with Crippen molar-refractivity contribution in [3.8, 4) is 0 Å². The number of aryl methyl sites for hydroxylation is 1. The molecule has 2 aliphatic rings. The van der Waals surface area contributed by atoms with Crippen LogP contribution in [0.25, 0.3) is 0 Å². The van der Waals surface area contributed by atoms with Crippen molar-refractivity contribution in [2.45, 2.75) is 51.2 Å². The van der Waals surface area contributed by atoms with Gasteiger partial charge >= 0.3 is 0 Å². The van der Waals surface area contributed by atoms with Crippen molar-refractivity contribution in [3.05, 3.63) is 77.8 Å². The van der Waals surface area contributed by atoms with Gasteiger partial charge in [-0.15, -0.1) is 0 Å². The zero-order valence-corrected chi connectivity index (χ0v) is 19.5. The summed E-state index contributed by atoms with van der Waals surface area (Å²) < 4.78 is 13.1. The third-order valence-electron chi connectivity index (χ3n) is 6.52. The molecule has 1 atom stereocenters. The molecule has 2 aromatic carbocycles. The van der Waals surface area contributed by atoms with Gasteiger partial charge in [0.25, 0.3) is 0 Å². The number of anilines is 1. The molecule has 0 aromatic heterocycles. The van der Waals surface area contributed by atoms with Crippen molar-refractivity contribution in [1.29, 1.82) is 0 Å². The van der Waals surface area contributed by atoms with Gasteiger partial charge in [-0.05, 0) is 61.6 Å². The molecule has 2 heterocycles. The lowest BCUT2D eigenvalue weighted by atomic mass is 10.0. The van der Waals surface area contributed by atoms with Gasteiger partial charge < -0.3 is 15.5 Å². The Hall–Kier alpha value is -2.86. The van der Waals surface area contributed by atoms with E-state index in [-0.39, 0.29) is 11.7 Å². The summed E-state index contributed by atoms with van der Waals surface area (Å²) in [6.45, 7) is 10.6. The van der Waals surface area contributed by atoms with Crippen molar-refractivity contribution in [3.63, 3.8) is 0 Å². The Labute approximate surface area is 196 Å². The first kappa shape index (κ1) is 23.3. The highest BCUT2D eigenvalue weighted by Gasteiger charge is 2.22. The van der Waals surface area contributed by atoms with Gasteiger partial charge in [-0.3, -0.25) is 9.69 Å². The van der Waals surface area contributed by atoms with Crippen LogP contribution in [-0.4, -0.2) is 54.0 Å². The van der Waals surface area contributed by atoms with Gasteiger partial charge in [-0.1, -0.05) is 30.8 Å². The topological polar surface area (TPSA) is 47.6 Å². The number of likely N-dealkylation sites (tertiary alicyclic amines) is 1. The first-order valence-corrected chi connectivity index (χ1v) is 12.0. The van der Waals surface area contributed by atoms with Crippen molar-refractivity contribution >= 4 is 11.6 Å². The molecule has 0 aliphatic carbocycles. The minimum atomic E-state index is -0.226. The highest BCUT2D eigenvalue weighted by Crippen LogP contribution is 2.19. The molecule has 176 valence electrons. The predicted molar refractivity (Wildman–Crippen MR) is 131 cm³/mol. The lowest BCUT2D eigenvalue weighted by molar-refractivity contribution is -0.132. The SMILES string of the molecule is C=C1CN(Cc2ccc(CCC(=O)N3CCC(Nc4ccc(F)cc4)CC3)cc2)C[C@@H](C)N1. The van der Waals surface area contributed by atoms with Crippen LogP contribution in [0.15, 0.2) is 60.8 Å². The molecule has 5 nitrogen and oxygen atoms in total. The molecule has 2 fully saturated rings. The van der Waals surface area contributed by atoms with Gasteiger partial charge in [0.2, 0.25) is 5.91 Å². The first-order chi connectivity index (χ1) is 15.9. The average Bonchev–Trinajstić information content (AvgIpc) is 2.80. The molecule has 1 amide bonds. The summed E-state index contributed by atoms with van der Waals surface area (Å²) in [5.41, 5.74) is 4.51. The molecule has 6 heteroatoms. The lowest BCUT2D eigenvalue weighted by Gasteiger charge is -2.33. The second kappa shape index (κ2) is 10.8. The fraction of sp³-hybridized carbons (Fsp3) is 0.444. The number of hydrogen-bond donors (Lipinski definition) is 2. The van der Waals surface area contributed by atoms with E-state index in [0.29, 0.717) is 18.5 Å². The maximum absolute atomic E-state index is 13.1. The number of piperazine rings is 1. The number of carbonyl (C=O) groups is 1. The van der Waals surface area contributed by atoms with E-state index in [4.69, 9.17) is 0 Å². The number of piperidine rings is 1. The molecule has 0 unspecified atom stereocenters. The van der Waals surface area contributed by atoms with Crippen LogP contribution in [0.5, 0.6) is 0 Å². The van der Waals surface area contributed by atoms with E-state index in [2.05, 4.69) is 53.3 Å². The zero-order chi connectivity index (χ0) is 23.2. The maximum atomic E-state index is 13.1. The summed E-state index contributed by atoms with van der Waals surface area (Å²) in [6.07, 6.45) is 3.14. The third kappa shape index (κ3) is 6.81. The summed E-state index contributed by atoms with van der Waals surface area (Å²) in [4.78, 5) is 17.1. The van der Waals surface area contributed by atoms with E-state index in [0.717, 1.165) is 63.4 Å². The number of hydrogen-bond acceptors (Lipinski definition) is 4. The monoisotopic (exact) mass is 450 g/mol. The minimum absolute atomic E-state index is 0.226. The molecular weight excluding hydrogens is 415 g/mol. The second-order valence-electron chi connectivity index (χ2n) is 9.44. The van der Waals surface area contributed by atoms with Crippen molar-refractivity contribution in [1.82, 2.24) is 15.1 Å². The first-order valence-electron chi connectivity index (χ1n) is 12.0. The van der Waals surface area contributed by atoms with Crippen LogP contribution in [0.3, 0.4) is 0 Å². The summed E-state index contributed by atoms with van der Waals surface area (Å²) in [6, 6.07) is 15.9. The summed E-state index contributed by atoms with van der Waals surface area (Å²) >= 11 is 0. The number of rotatable bonds is 7. The Balaban J connectivity index is 1.18. The number of benzene rings is 2. The van der Waals surface area contributed by atoms with E-state index >= 15 is 0 Å². The van der Waals surface area contributed by atoms with Crippen LogP contribution in [0, 0.1) is 5.82 Å².